The van der Waals surface area contributed by atoms with Gasteiger partial charge in [0, 0.05) is 13.1 Å². The Bertz CT molecular complexity index is 1120. The highest BCUT2D eigenvalue weighted by atomic mass is 35.5. The van der Waals surface area contributed by atoms with Crippen molar-refractivity contribution in [3.05, 3.63) is 57.0 Å². The topological polar surface area (TPSA) is 86.8 Å². The summed E-state index contributed by atoms with van der Waals surface area (Å²) in [6.45, 7) is 0.764. The van der Waals surface area contributed by atoms with E-state index in [1.165, 1.54) is 12.1 Å². The maximum absolute atomic E-state index is 12.8. The quantitative estimate of drug-likeness (QED) is 0.595. The molecule has 1 aliphatic heterocycles. The average Bonchev–Trinajstić information content (AvgIpc) is 3.23. The summed E-state index contributed by atoms with van der Waals surface area (Å²) in [4.78, 5) is 27.3. The first-order chi connectivity index (χ1) is 14.6. The van der Waals surface area contributed by atoms with Gasteiger partial charge in [-0.1, -0.05) is 46.9 Å². The van der Waals surface area contributed by atoms with Gasteiger partial charge in [-0.3, -0.25) is 13.9 Å². The van der Waals surface area contributed by atoms with Gasteiger partial charge in [0.25, 0.3) is 5.91 Å². The number of hydrogen-bond acceptors (Lipinski definition) is 4. The predicted octanol–water partition coefficient (Wildman–Crippen LogP) is 4.29. The summed E-state index contributed by atoms with van der Waals surface area (Å²) in [5.74, 6) is -0.824. The SMILES string of the molecule is CS(=O)(=O)N(CC(=O)Nc1ccccc1C(=O)N1CCCC1)c1cc(Cl)c(Cl)cc1Cl. The Labute approximate surface area is 195 Å². The van der Waals surface area contributed by atoms with Gasteiger partial charge in [-0.2, -0.15) is 0 Å². The number of rotatable bonds is 6. The number of benzene rings is 2. The van der Waals surface area contributed by atoms with Crippen LogP contribution in [0.2, 0.25) is 15.1 Å². The van der Waals surface area contributed by atoms with Crippen LogP contribution in [0.5, 0.6) is 0 Å². The Balaban J connectivity index is 1.85. The molecule has 1 aliphatic rings. The van der Waals surface area contributed by atoms with E-state index in [1.807, 2.05) is 0 Å². The third-order valence-corrected chi connectivity index (χ3v) is 6.92. The molecule has 2 aromatic carbocycles. The normalized spacial score (nSPS) is 13.9. The Morgan fingerprint density at radius 3 is 2.29 bits per heavy atom. The van der Waals surface area contributed by atoms with Crippen molar-refractivity contribution in [3.63, 3.8) is 0 Å². The Morgan fingerprint density at radius 2 is 1.65 bits per heavy atom. The first-order valence-electron chi connectivity index (χ1n) is 9.38. The second-order valence-corrected chi connectivity index (χ2v) is 10.2. The summed E-state index contributed by atoms with van der Waals surface area (Å²) in [5, 5.41) is 2.91. The zero-order valence-corrected chi connectivity index (χ0v) is 19.7. The molecule has 1 N–H and O–H groups in total. The van der Waals surface area contributed by atoms with E-state index in [2.05, 4.69) is 5.32 Å². The lowest BCUT2D eigenvalue weighted by Crippen LogP contribution is -2.38. The van der Waals surface area contributed by atoms with E-state index >= 15 is 0 Å². The van der Waals surface area contributed by atoms with Crippen molar-refractivity contribution in [2.45, 2.75) is 12.8 Å². The molecule has 0 atom stereocenters. The average molecular weight is 505 g/mol. The number of nitrogens with one attached hydrogen (secondary N) is 1. The third-order valence-electron chi connectivity index (χ3n) is 4.77. The van der Waals surface area contributed by atoms with Crippen molar-refractivity contribution in [1.82, 2.24) is 4.90 Å². The fraction of sp³-hybridized carbons (Fsp3) is 0.300. The molecular weight excluding hydrogens is 485 g/mol. The van der Waals surface area contributed by atoms with E-state index in [1.54, 1.807) is 29.2 Å². The number of para-hydroxylation sites is 1. The van der Waals surface area contributed by atoms with E-state index in [0.717, 1.165) is 23.4 Å². The molecule has 1 saturated heterocycles. The zero-order valence-electron chi connectivity index (χ0n) is 16.6. The van der Waals surface area contributed by atoms with E-state index in [4.69, 9.17) is 34.8 Å². The molecule has 0 radical (unpaired) electrons. The minimum atomic E-state index is -3.89. The van der Waals surface area contributed by atoms with Gasteiger partial charge < -0.3 is 10.2 Å². The molecule has 2 amide bonds. The van der Waals surface area contributed by atoms with Crippen LogP contribution in [0.15, 0.2) is 36.4 Å². The lowest BCUT2D eigenvalue weighted by atomic mass is 10.1. The zero-order chi connectivity index (χ0) is 22.8. The van der Waals surface area contributed by atoms with Gasteiger partial charge in [0.2, 0.25) is 15.9 Å². The Kier molecular flexibility index (Phi) is 7.36. The summed E-state index contributed by atoms with van der Waals surface area (Å²) in [6, 6.07) is 9.20. The summed E-state index contributed by atoms with van der Waals surface area (Å²) < 4.78 is 25.6. The van der Waals surface area contributed by atoms with Crippen LogP contribution in [-0.4, -0.2) is 51.0 Å². The van der Waals surface area contributed by atoms with Gasteiger partial charge in [0.15, 0.2) is 0 Å². The van der Waals surface area contributed by atoms with Crippen LogP contribution in [0.3, 0.4) is 0 Å². The molecule has 1 fully saturated rings. The van der Waals surface area contributed by atoms with E-state index in [-0.39, 0.29) is 26.7 Å². The summed E-state index contributed by atoms with van der Waals surface area (Å²) in [6.07, 6.45) is 2.83. The molecule has 0 bridgehead atoms. The van der Waals surface area contributed by atoms with Crippen molar-refractivity contribution < 1.29 is 18.0 Å². The molecule has 2 aromatic rings. The van der Waals surface area contributed by atoms with E-state index in [0.29, 0.717) is 24.3 Å². The molecule has 0 unspecified atom stereocenters. The van der Waals surface area contributed by atoms with Crippen LogP contribution in [0.4, 0.5) is 11.4 Å². The number of amides is 2. The molecule has 7 nitrogen and oxygen atoms in total. The van der Waals surface area contributed by atoms with Crippen molar-refractivity contribution >= 4 is 68.0 Å². The van der Waals surface area contributed by atoms with Gasteiger partial charge in [0.1, 0.15) is 6.54 Å². The lowest BCUT2D eigenvalue weighted by Gasteiger charge is -2.24. The molecule has 1 heterocycles. The fourth-order valence-corrected chi connectivity index (χ4v) is 4.83. The number of carbonyl (C=O) groups excluding carboxylic acids is 2. The minimum absolute atomic E-state index is 0.0233. The Hall–Kier alpha value is -2.00. The van der Waals surface area contributed by atoms with Crippen molar-refractivity contribution in [3.8, 4) is 0 Å². The largest absolute Gasteiger partial charge is 0.339 e. The summed E-state index contributed by atoms with van der Waals surface area (Å²) >= 11 is 18.1. The first-order valence-corrected chi connectivity index (χ1v) is 12.4. The van der Waals surface area contributed by atoms with Crippen molar-refractivity contribution in [2.75, 3.05) is 35.5 Å². The van der Waals surface area contributed by atoms with Crippen LogP contribution in [0.1, 0.15) is 23.2 Å². The standard InChI is InChI=1S/C20H20Cl3N3O4S/c1-31(29,30)26(18-11-15(22)14(21)10-16(18)23)12-19(27)24-17-7-3-2-6-13(17)20(28)25-8-4-5-9-25/h2-3,6-7,10-11H,4-5,8-9,12H2,1H3,(H,24,27). The number of likely N-dealkylation sites (tertiary alicyclic amines) is 1. The van der Waals surface area contributed by atoms with Crippen molar-refractivity contribution in [2.24, 2.45) is 0 Å². The summed E-state index contributed by atoms with van der Waals surface area (Å²) in [5.41, 5.74) is 0.671. The van der Waals surface area contributed by atoms with Crippen LogP contribution in [0, 0.1) is 0 Å². The summed E-state index contributed by atoms with van der Waals surface area (Å²) in [7, 11) is -3.89. The molecule has 3 rings (SSSR count). The molecule has 31 heavy (non-hydrogen) atoms. The number of nitrogens with zero attached hydrogens (tertiary/aromatic N) is 2. The van der Waals surface area contributed by atoms with Gasteiger partial charge in [-0.25, -0.2) is 8.42 Å². The smallest absolute Gasteiger partial charge is 0.255 e. The van der Waals surface area contributed by atoms with E-state index < -0.39 is 22.5 Å². The molecule has 11 heteroatoms. The van der Waals surface area contributed by atoms with Crippen LogP contribution in [-0.2, 0) is 14.8 Å². The number of halogens is 3. The third kappa shape index (κ3) is 5.63. The number of hydrogen-bond donors (Lipinski definition) is 1. The number of carbonyl (C=O) groups is 2. The van der Waals surface area contributed by atoms with Gasteiger partial charge >= 0.3 is 0 Å². The monoisotopic (exact) mass is 503 g/mol. The maximum atomic E-state index is 12.8. The van der Waals surface area contributed by atoms with Gasteiger partial charge in [0.05, 0.1) is 38.3 Å². The first kappa shape index (κ1) is 23.7. The molecular formula is C20H20Cl3N3O4S. The number of anilines is 2. The second kappa shape index (κ2) is 9.65. The predicted molar refractivity (Wildman–Crippen MR) is 124 cm³/mol. The van der Waals surface area contributed by atoms with E-state index in [9.17, 15) is 18.0 Å². The maximum Gasteiger partial charge on any atom is 0.255 e. The lowest BCUT2D eigenvalue weighted by molar-refractivity contribution is -0.114. The van der Waals surface area contributed by atoms with Crippen LogP contribution in [0.25, 0.3) is 0 Å². The Morgan fingerprint density at radius 1 is 1.03 bits per heavy atom. The molecule has 0 aromatic heterocycles. The van der Waals surface area contributed by atoms with Gasteiger partial charge in [-0.15, -0.1) is 0 Å². The minimum Gasteiger partial charge on any atom is -0.339 e. The molecule has 166 valence electrons. The molecule has 0 spiro atoms. The molecule has 0 aliphatic carbocycles. The number of sulfonamides is 1. The van der Waals surface area contributed by atoms with Gasteiger partial charge in [-0.05, 0) is 37.1 Å². The highest BCUT2D eigenvalue weighted by molar-refractivity contribution is 7.92. The highest BCUT2D eigenvalue weighted by Crippen LogP contribution is 2.35. The highest BCUT2D eigenvalue weighted by Gasteiger charge is 2.26. The van der Waals surface area contributed by atoms with Crippen LogP contribution < -0.4 is 9.62 Å². The van der Waals surface area contributed by atoms with Crippen LogP contribution >= 0.6 is 34.8 Å². The van der Waals surface area contributed by atoms with Crippen molar-refractivity contribution in [1.29, 1.82) is 0 Å². The fourth-order valence-electron chi connectivity index (χ4n) is 3.27. The molecule has 0 saturated carbocycles. The second-order valence-electron chi connectivity index (χ2n) is 7.08.